The molecule has 0 aliphatic heterocycles. The molecule has 1 atom stereocenters. The predicted octanol–water partition coefficient (Wildman–Crippen LogP) is 2.20. The van der Waals surface area contributed by atoms with Gasteiger partial charge in [0.15, 0.2) is 0 Å². The molecule has 2 amide bonds. The van der Waals surface area contributed by atoms with E-state index in [1.807, 2.05) is 42.8 Å². The zero-order valence-corrected chi connectivity index (χ0v) is 13.6. The number of hydrogen-bond acceptors (Lipinski definition) is 4. The van der Waals surface area contributed by atoms with E-state index in [0.29, 0.717) is 6.54 Å². The molecule has 3 N–H and O–H groups in total. The molecule has 6 heteroatoms. The Hall–Kier alpha value is -1.92. The minimum Gasteiger partial charge on any atom is -0.383 e. The van der Waals surface area contributed by atoms with Crippen molar-refractivity contribution in [1.82, 2.24) is 15.6 Å². The average Bonchev–Trinajstić information content (AvgIpc) is 3.02. The van der Waals surface area contributed by atoms with E-state index in [1.54, 1.807) is 6.92 Å². The summed E-state index contributed by atoms with van der Waals surface area (Å²) < 4.78 is 0. The highest BCUT2D eigenvalue weighted by atomic mass is 32.1. The standard InChI is InChI=1S/C16H21N3O2S/c1-12-5-6-13(10-18-12)7-8-17-15(20)19-11-16(2,21)14-4-3-9-22-14/h3-6,9-10,21H,7-8,11H2,1-2H3,(H2,17,19,20)/t16-/m0/s1. The van der Waals surface area contributed by atoms with E-state index in [-0.39, 0.29) is 12.6 Å². The van der Waals surface area contributed by atoms with Gasteiger partial charge in [-0.1, -0.05) is 12.1 Å². The zero-order chi connectivity index (χ0) is 16.0. The van der Waals surface area contributed by atoms with E-state index >= 15 is 0 Å². The predicted molar refractivity (Wildman–Crippen MR) is 88.0 cm³/mol. The summed E-state index contributed by atoms with van der Waals surface area (Å²) in [6.07, 6.45) is 2.54. The van der Waals surface area contributed by atoms with Crippen LogP contribution in [0.5, 0.6) is 0 Å². The fraction of sp³-hybridized carbons (Fsp3) is 0.375. The van der Waals surface area contributed by atoms with Crippen molar-refractivity contribution in [3.05, 3.63) is 52.0 Å². The van der Waals surface area contributed by atoms with Crippen LogP contribution in [0.3, 0.4) is 0 Å². The number of nitrogens with zero attached hydrogens (tertiary/aromatic N) is 1. The fourth-order valence-electron chi connectivity index (χ4n) is 1.95. The minimum atomic E-state index is -1.05. The molecule has 0 aliphatic rings. The van der Waals surface area contributed by atoms with Crippen LogP contribution in [-0.4, -0.2) is 29.2 Å². The zero-order valence-electron chi connectivity index (χ0n) is 12.8. The Balaban J connectivity index is 1.71. The highest BCUT2D eigenvalue weighted by Gasteiger charge is 2.24. The number of aryl methyl sites for hydroxylation is 1. The number of pyridine rings is 1. The van der Waals surface area contributed by atoms with Gasteiger partial charge in [0.1, 0.15) is 5.60 Å². The minimum absolute atomic E-state index is 0.172. The number of thiophene rings is 1. The molecule has 0 radical (unpaired) electrons. The van der Waals surface area contributed by atoms with Crippen LogP contribution < -0.4 is 10.6 Å². The quantitative estimate of drug-likeness (QED) is 0.764. The normalized spacial score (nSPS) is 13.4. The Morgan fingerprint density at radius 1 is 1.36 bits per heavy atom. The average molecular weight is 319 g/mol. The molecule has 5 nitrogen and oxygen atoms in total. The number of rotatable bonds is 6. The van der Waals surface area contributed by atoms with Gasteiger partial charge < -0.3 is 15.7 Å². The highest BCUT2D eigenvalue weighted by Crippen LogP contribution is 2.24. The number of carbonyl (C=O) groups is 1. The molecule has 0 spiro atoms. The van der Waals surface area contributed by atoms with Crippen LogP contribution in [0.25, 0.3) is 0 Å². The lowest BCUT2D eigenvalue weighted by Crippen LogP contribution is -2.43. The number of amides is 2. The smallest absolute Gasteiger partial charge is 0.314 e. The SMILES string of the molecule is Cc1ccc(CCNC(=O)NC[C@](C)(O)c2cccs2)cn1. The first-order chi connectivity index (χ1) is 10.5. The van der Waals surface area contributed by atoms with Gasteiger partial charge in [-0.05, 0) is 43.3 Å². The number of nitrogens with one attached hydrogen (secondary N) is 2. The van der Waals surface area contributed by atoms with Gasteiger partial charge in [-0.25, -0.2) is 4.79 Å². The lowest BCUT2D eigenvalue weighted by Gasteiger charge is -2.22. The van der Waals surface area contributed by atoms with Crippen molar-refractivity contribution in [2.75, 3.05) is 13.1 Å². The first-order valence-corrected chi connectivity index (χ1v) is 8.05. The van der Waals surface area contributed by atoms with Gasteiger partial charge in [0.25, 0.3) is 0 Å². The number of urea groups is 1. The van der Waals surface area contributed by atoms with Crippen molar-refractivity contribution in [2.45, 2.75) is 25.9 Å². The molecule has 0 aliphatic carbocycles. The van der Waals surface area contributed by atoms with Gasteiger partial charge in [0.2, 0.25) is 0 Å². The molecule has 0 saturated carbocycles. The van der Waals surface area contributed by atoms with Crippen LogP contribution in [-0.2, 0) is 12.0 Å². The second-order valence-corrected chi connectivity index (χ2v) is 6.37. The van der Waals surface area contributed by atoms with Gasteiger partial charge >= 0.3 is 6.03 Å². The summed E-state index contributed by atoms with van der Waals surface area (Å²) in [7, 11) is 0. The van der Waals surface area contributed by atoms with E-state index in [0.717, 1.165) is 22.6 Å². The topological polar surface area (TPSA) is 74.2 Å². The third kappa shape index (κ3) is 4.82. The van der Waals surface area contributed by atoms with Crippen molar-refractivity contribution in [3.63, 3.8) is 0 Å². The summed E-state index contributed by atoms with van der Waals surface area (Å²) in [5.74, 6) is 0. The maximum Gasteiger partial charge on any atom is 0.314 e. The van der Waals surface area contributed by atoms with Crippen LogP contribution in [0.4, 0.5) is 4.79 Å². The molecule has 2 aromatic rings. The largest absolute Gasteiger partial charge is 0.383 e. The van der Waals surface area contributed by atoms with Gasteiger partial charge in [0.05, 0.1) is 6.54 Å². The van der Waals surface area contributed by atoms with E-state index in [4.69, 9.17) is 0 Å². The molecule has 0 saturated heterocycles. The van der Waals surface area contributed by atoms with E-state index in [1.165, 1.54) is 11.3 Å². The second-order valence-electron chi connectivity index (χ2n) is 5.42. The maximum absolute atomic E-state index is 11.8. The lowest BCUT2D eigenvalue weighted by molar-refractivity contribution is 0.0631. The molecule has 2 heterocycles. The molecule has 0 bridgehead atoms. The van der Waals surface area contributed by atoms with E-state index in [2.05, 4.69) is 15.6 Å². The summed E-state index contributed by atoms with van der Waals surface area (Å²) in [4.78, 5) is 16.8. The first-order valence-electron chi connectivity index (χ1n) is 7.17. The molecule has 2 aromatic heterocycles. The third-order valence-electron chi connectivity index (χ3n) is 3.32. The second kappa shape index (κ2) is 7.38. The van der Waals surface area contributed by atoms with Crippen molar-refractivity contribution in [1.29, 1.82) is 0 Å². The van der Waals surface area contributed by atoms with Crippen LogP contribution in [0, 0.1) is 6.92 Å². The summed E-state index contributed by atoms with van der Waals surface area (Å²) in [6.45, 7) is 4.33. The highest BCUT2D eigenvalue weighted by molar-refractivity contribution is 7.10. The summed E-state index contributed by atoms with van der Waals surface area (Å²) in [6, 6.07) is 7.41. The monoisotopic (exact) mass is 319 g/mol. The van der Waals surface area contributed by atoms with Gasteiger partial charge in [-0.15, -0.1) is 11.3 Å². The van der Waals surface area contributed by atoms with Crippen molar-refractivity contribution < 1.29 is 9.90 Å². The molecular formula is C16H21N3O2S. The van der Waals surface area contributed by atoms with Crippen molar-refractivity contribution >= 4 is 17.4 Å². The van der Waals surface area contributed by atoms with Gasteiger partial charge in [0, 0.05) is 23.3 Å². The Kier molecular flexibility index (Phi) is 5.51. The summed E-state index contributed by atoms with van der Waals surface area (Å²) in [5, 5.41) is 17.7. The summed E-state index contributed by atoms with van der Waals surface area (Å²) in [5.41, 5.74) is 1.01. The molecule has 0 fully saturated rings. The first kappa shape index (κ1) is 16.5. The number of aromatic nitrogens is 1. The fourth-order valence-corrected chi connectivity index (χ4v) is 2.74. The molecule has 2 rings (SSSR count). The molecule has 0 aromatic carbocycles. The lowest BCUT2D eigenvalue weighted by atomic mass is 10.1. The van der Waals surface area contributed by atoms with Crippen molar-refractivity contribution in [2.24, 2.45) is 0 Å². The van der Waals surface area contributed by atoms with Crippen molar-refractivity contribution in [3.8, 4) is 0 Å². The van der Waals surface area contributed by atoms with E-state index in [9.17, 15) is 9.90 Å². The van der Waals surface area contributed by atoms with Crippen LogP contribution in [0.1, 0.15) is 23.1 Å². The molecule has 0 unspecified atom stereocenters. The number of carbonyl (C=O) groups excluding carboxylic acids is 1. The Morgan fingerprint density at radius 2 is 2.18 bits per heavy atom. The molecular weight excluding hydrogens is 298 g/mol. The van der Waals surface area contributed by atoms with Gasteiger partial charge in [-0.2, -0.15) is 0 Å². The molecule has 22 heavy (non-hydrogen) atoms. The number of hydrogen-bond donors (Lipinski definition) is 3. The maximum atomic E-state index is 11.8. The third-order valence-corrected chi connectivity index (χ3v) is 4.44. The van der Waals surface area contributed by atoms with Crippen LogP contribution in [0.2, 0.25) is 0 Å². The Morgan fingerprint density at radius 3 is 2.82 bits per heavy atom. The molecule has 118 valence electrons. The van der Waals surface area contributed by atoms with Crippen LogP contribution >= 0.6 is 11.3 Å². The Labute approximate surface area is 134 Å². The van der Waals surface area contributed by atoms with Crippen LogP contribution in [0.15, 0.2) is 35.8 Å². The Bertz CT molecular complexity index is 594. The number of aliphatic hydroxyl groups is 1. The van der Waals surface area contributed by atoms with Gasteiger partial charge in [-0.3, -0.25) is 4.98 Å². The summed E-state index contributed by atoms with van der Waals surface area (Å²) >= 11 is 1.47. The van der Waals surface area contributed by atoms with E-state index < -0.39 is 5.60 Å².